The van der Waals surface area contributed by atoms with Crippen LogP contribution in [0.5, 0.6) is 0 Å². The molecule has 4 aromatic heterocycles. The third-order valence-electron chi connectivity index (χ3n) is 10.9. The standard InChI is InChI=1S/C44H46N4O4S4/c1-3-5-7-9-21-45-37(29-17-13-25-53-29)33-35(41(45)49)39(31-19-15-27-55-31)47(43(33)51)23-11-12-24-48-40(32-20-16-28-56-32)36-34(44(48)52)38(30-18-14-26-54-30)46(42(36)50)22-10-8-6-4-2/h13-20,25-28H,3-12,21-24H2,1-2H3. The van der Waals surface area contributed by atoms with Crippen LogP contribution in [0.2, 0.25) is 0 Å². The molecule has 0 saturated heterocycles. The third kappa shape index (κ3) is 6.88. The first-order chi connectivity index (χ1) is 27.5. The number of amides is 4. The lowest BCUT2D eigenvalue weighted by Crippen LogP contribution is -2.32. The van der Waals surface area contributed by atoms with E-state index in [4.69, 9.17) is 0 Å². The van der Waals surface area contributed by atoms with Crippen molar-refractivity contribution in [3.63, 3.8) is 0 Å². The van der Waals surface area contributed by atoms with E-state index in [9.17, 15) is 19.2 Å². The van der Waals surface area contributed by atoms with Gasteiger partial charge in [0.15, 0.2) is 0 Å². The summed E-state index contributed by atoms with van der Waals surface area (Å²) in [4.78, 5) is 68.8. The first kappa shape index (κ1) is 38.5. The van der Waals surface area contributed by atoms with Crippen molar-refractivity contribution in [3.05, 3.63) is 112 Å². The summed E-state index contributed by atoms with van der Waals surface area (Å²) in [5.41, 5.74) is 4.89. The molecule has 0 saturated carbocycles. The molecular formula is C44H46N4O4S4. The van der Waals surface area contributed by atoms with Crippen molar-refractivity contribution < 1.29 is 19.2 Å². The van der Waals surface area contributed by atoms with Crippen LogP contribution in [0.3, 0.4) is 0 Å². The van der Waals surface area contributed by atoms with Gasteiger partial charge < -0.3 is 19.6 Å². The molecule has 8 rings (SSSR count). The van der Waals surface area contributed by atoms with Gasteiger partial charge in [-0.15, -0.1) is 45.3 Å². The Morgan fingerprint density at radius 3 is 0.839 bits per heavy atom. The van der Waals surface area contributed by atoms with Crippen LogP contribution in [-0.4, -0.2) is 69.4 Å². The minimum Gasteiger partial charge on any atom is -0.306 e. The maximum atomic E-state index is 14.6. The molecule has 4 amide bonds. The molecule has 4 aliphatic heterocycles. The van der Waals surface area contributed by atoms with E-state index in [2.05, 4.69) is 13.8 Å². The van der Waals surface area contributed by atoms with Crippen molar-refractivity contribution in [1.82, 2.24) is 19.6 Å². The number of carbonyl (C=O) groups excluding carboxylic acids is 4. The van der Waals surface area contributed by atoms with Crippen LogP contribution in [0, 0.1) is 0 Å². The zero-order chi connectivity index (χ0) is 38.8. The largest absolute Gasteiger partial charge is 0.306 e. The predicted molar refractivity (Wildman–Crippen MR) is 229 cm³/mol. The highest BCUT2D eigenvalue weighted by atomic mass is 32.1. The Balaban J connectivity index is 1.06. The molecule has 0 aromatic carbocycles. The van der Waals surface area contributed by atoms with Crippen molar-refractivity contribution in [2.45, 2.75) is 78.1 Å². The zero-order valence-electron chi connectivity index (χ0n) is 31.9. The van der Waals surface area contributed by atoms with Crippen LogP contribution in [0.4, 0.5) is 0 Å². The van der Waals surface area contributed by atoms with E-state index in [0.29, 0.717) is 72.7 Å². The highest BCUT2D eigenvalue weighted by Crippen LogP contribution is 2.50. The first-order valence-corrected chi connectivity index (χ1v) is 23.4. The van der Waals surface area contributed by atoms with E-state index >= 15 is 0 Å². The van der Waals surface area contributed by atoms with Gasteiger partial charge in [-0.1, -0.05) is 76.6 Å². The Morgan fingerprint density at radius 1 is 0.375 bits per heavy atom. The second-order valence-corrected chi connectivity index (χ2v) is 18.2. The van der Waals surface area contributed by atoms with Gasteiger partial charge in [-0.2, -0.15) is 0 Å². The summed E-state index contributed by atoms with van der Waals surface area (Å²) in [6.45, 7) is 6.32. The molecule has 4 aliphatic rings. The average molecular weight is 823 g/mol. The molecule has 12 heteroatoms. The number of fused-ring (bicyclic) bond motifs is 2. The van der Waals surface area contributed by atoms with Crippen molar-refractivity contribution in [2.75, 3.05) is 26.2 Å². The number of thiophene rings is 4. The maximum Gasteiger partial charge on any atom is 0.261 e. The second kappa shape index (κ2) is 17.0. The van der Waals surface area contributed by atoms with Crippen molar-refractivity contribution in [2.24, 2.45) is 0 Å². The Kier molecular flexibility index (Phi) is 11.7. The fourth-order valence-corrected chi connectivity index (χ4v) is 11.4. The van der Waals surface area contributed by atoms with E-state index in [1.165, 1.54) is 22.7 Å². The van der Waals surface area contributed by atoms with Gasteiger partial charge in [0.05, 0.1) is 64.6 Å². The number of hydrogen-bond donors (Lipinski definition) is 0. The van der Waals surface area contributed by atoms with Gasteiger partial charge in [0, 0.05) is 26.2 Å². The average Bonchev–Trinajstić information content (AvgIpc) is 4.06. The molecule has 0 N–H and O–H groups in total. The van der Waals surface area contributed by atoms with Crippen LogP contribution < -0.4 is 0 Å². The minimum atomic E-state index is -0.139. The number of rotatable bonds is 19. The molecule has 290 valence electrons. The molecule has 8 heterocycles. The molecule has 4 aromatic rings. The summed E-state index contributed by atoms with van der Waals surface area (Å²) in [5, 5.41) is 7.95. The Labute approximate surface area is 344 Å². The quantitative estimate of drug-likeness (QED) is 0.0883. The molecule has 8 nitrogen and oxygen atoms in total. The SMILES string of the molecule is CCCCCCN1C(=O)C2=C(c3cccs3)N(CCCCN3C(=O)C4=C(c5cccs5)N(CCCCCC)C(=O)C4=C3c3cccs3)C(=O)C2=C1c1cccs1. The number of unbranched alkanes of at least 4 members (excludes halogenated alkanes) is 7. The number of carbonyl (C=O) groups is 4. The molecule has 0 aliphatic carbocycles. The van der Waals surface area contributed by atoms with Crippen LogP contribution >= 0.6 is 45.3 Å². The van der Waals surface area contributed by atoms with Crippen molar-refractivity contribution in [3.8, 4) is 0 Å². The van der Waals surface area contributed by atoms with E-state index in [1.54, 1.807) is 32.5 Å². The van der Waals surface area contributed by atoms with Crippen molar-refractivity contribution in [1.29, 1.82) is 0 Å². The molecule has 0 bridgehead atoms. The lowest BCUT2D eigenvalue weighted by molar-refractivity contribution is -0.124. The van der Waals surface area contributed by atoms with Crippen LogP contribution in [-0.2, 0) is 19.2 Å². The van der Waals surface area contributed by atoms with E-state index in [-0.39, 0.29) is 23.6 Å². The van der Waals surface area contributed by atoms with Crippen LogP contribution in [0.15, 0.2) is 92.3 Å². The molecule has 0 radical (unpaired) electrons. The summed E-state index contributed by atoms with van der Waals surface area (Å²) in [6, 6.07) is 15.8. The minimum absolute atomic E-state index is 0.0977. The highest BCUT2D eigenvalue weighted by Gasteiger charge is 2.50. The van der Waals surface area contributed by atoms with Gasteiger partial charge in [-0.05, 0) is 71.5 Å². The van der Waals surface area contributed by atoms with Gasteiger partial charge in [0.2, 0.25) is 0 Å². The topological polar surface area (TPSA) is 81.2 Å². The van der Waals surface area contributed by atoms with E-state index in [0.717, 1.165) is 82.3 Å². The molecule has 0 atom stereocenters. The van der Waals surface area contributed by atoms with E-state index < -0.39 is 0 Å². The maximum absolute atomic E-state index is 14.6. The highest BCUT2D eigenvalue weighted by molar-refractivity contribution is 7.12. The zero-order valence-corrected chi connectivity index (χ0v) is 35.1. The fourth-order valence-electron chi connectivity index (χ4n) is 8.26. The van der Waals surface area contributed by atoms with Crippen LogP contribution in [0.25, 0.3) is 22.8 Å². The lowest BCUT2D eigenvalue weighted by atomic mass is 10.1. The lowest BCUT2D eigenvalue weighted by Gasteiger charge is -2.26. The predicted octanol–water partition coefficient (Wildman–Crippen LogP) is 10.2. The summed E-state index contributed by atoms with van der Waals surface area (Å²) in [6.07, 6.45) is 9.48. The number of nitrogens with zero attached hydrogens (tertiary/aromatic N) is 4. The van der Waals surface area contributed by atoms with Gasteiger partial charge in [0.1, 0.15) is 0 Å². The van der Waals surface area contributed by atoms with Gasteiger partial charge >= 0.3 is 0 Å². The fraction of sp³-hybridized carbons (Fsp3) is 0.364. The normalized spacial score (nSPS) is 17.1. The Morgan fingerprint density at radius 2 is 0.625 bits per heavy atom. The summed E-state index contributed by atoms with van der Waals surface area (Å²) in [7, 11) is 0. The third-order valence-corrected chi connectivity index (χ3v) is 14.4. The van der Waals surface area contributed by atoms with Crippen molar-refractivity contribution >= 4 is 91.8 Å². The Bertz CT molecular complexity index is 2070. The number of hydrogen-bond acceptors (Lipinski definition) is 8. The summed E-state index contributed by atoms with van der Waals surface area (Å²) < 4.78 is 0. The van der Waals surface area contributed by atoms with Gasteiger partial charge in [0.25, 0.3) is 23.6 Å². The first-order valence-electron chi connectivity index (χ1n) is 19.9. The van der Waals surface area contributed by atoms with Gasteiger partial charge in [-0.25, -0.2) is 0 Å². The Hall–Kier alpha value is -4.36. The van der Waals surface area contributed by atoms with E-state index in [1.807, 2.05) is 79.9 Å². The molecule has 56 heavy (non-hydrogen) atoms. The van der Waals surface area contributed by atoms with Gasteiger partial charge in [-0.3, -0.25) is 19.2 Å². The molecule has 0 fully saturated rings. The molecule has 0 spiro atoms. The smallest absolute Gasteiger partial charge is 0.261 e. The molecule has 0 unspecified atom stereocenters. The monoisotopic (exact) mass is 822 g/mol. The summed E-state index contributed by atoms with van der Waals surface area (Å²) >= 11 is 6.18. The van der Waals surface area contributed by atoms with Crippen LogP contribution in [0.1, 0.15) is 97.6 Å². The molecular weight excluding hydrogens is 777 g/mol. The second-order valence-electron chi connectivity index (χ2n) is 14.5. The summed E-state index contributed by atoms with van der Waals surface area (Å²) in [5.74, 6) is -0.474.